The number of hydrogen-bond acceptors (Lipinski definition) is 0. The Morgan fingerprint density at radius 2 is 1.77 bits per heavy atom. The zero-order valence-electron chi connectivity index (χ0n) is 8.87. The normalized spacial score (nSPS) is 36.2. The second-order valence-electron chi connectivity index (χ2n) is 5.42. The largest absolute Gasteiger partial charge is 0.118 e. The Balaban J connectivity index is 2.48. The van der Waals surface area contributed by atoms with Gasteiger partial charge in [-0.3, -0.25) is 0 Å². The van der Waals surface area contributed by atoms with Crippen molar-refractivity contribution in [2.45, 2.75) is 51.3 Å². The standard InChI is InChI=1S/C11H20ClI/c1-10(2,3)9-4-6-11(12,8-13)7-5-9/h9H,4-8H2,1-3H3. The predicted octanol–water partition coefficient (Wildman–Crippen LogP) is 4.64. The Kier molecular flexibility index (Phi) is 3.96. The first-order valence-electron chi connectivity index (χ1n) is 5.12. The van der Waals surface area contributed by atoms with Gasteiger partial charge in [0.25, 0.3) is 0 Å². The van der Waals surface area contributed by atoms with Gasteiger partial charge in [0.15, 0.2) is 0 Å². The second kappa shape index (κ2) is 4.26. The summed E-state index contributed by atoms with van der Waals surface area (Å²) in [4.78, 5) is 0.127. The van der Waals surface area contributed by atoms with E-state index in [0.29, 0.717) is 5.41 Å². The van der Waals surface area contributed by atoms with Crippen molar-refractivity contribution >= 4 is 34.2 Å². The summed E-state index contributed by atoms with van der Waals surface area (Å²) in [6.07, 6.45) is 5.05. The first kappa shape index (κ1) is 12.1. The van der Waals surface area contributed by atoms with Gasteiger partial charge in [0, 0.05) is 4.43 Å². The first-order valence-corrected chi connectivity index (χ1v) is 7.03. The molecule has 0 aromatic heterocycles. The lowest BCUT2D eigenvalue weighted by Crippen LogP contribution is -2.34. The van der Waals surface area contributed by atoms with E-state index in [0.717, 1.165) is 10.3 Å². The molecule has 1 fully saturated rings. The van der Waals surface area contributed by atoms with Crippen molar-refractivity contribution < 1.29 is 0 Å². The molecule has 1 saturated carbocycles. The van der Waals surface area contributed by atoms with Crippen LogP contribution in [0.2, 0.25) is 0 Å². The van der Waals surface area contributed by atoms with E-state index < -0.39 is 0 Å². The molecule has 0 heterocycles. The zero-order valence-corrected chi connectivity index (χ0v) is 11.8. The van der Waals surface area contributed by atoms with E-state index >= 15 is 0 Å². The highest BCUT2D eigenvalue weighted by molar-refractivity contribution is 14.1. The molecular formula is C11H20ClI. The maximum atomic E-state index is 6.47. The van der Waals surface area contributed by atoms with Gasteiger partial charge in [-0.1, -0.05) is 43.4 Å². The highest BCUT2D eigenvalue weighted by Crippen LogP contribution is 2.44. The van der Waals surface area contributed by atoms with E-state index in [9.17, 15) is 0 Å². The fraction of sp³-hybridized carbons (Fsp3) is 1.00. The minimum absolute atomic E-state index is 0.127. The van der Waals surface area contributed by atoms with Crippen molar-refractivity contribution in [2.24, 2.45) is 11.3 Å². The molecule has 2 heteroatoms. The number of alkyl halides is 2. The SMILES string of the molecule is CC(C)(C)C1CCC(Cl)(CI)CC1. The van der Waals surface area contributed by atoms with E-state index in [1.165, 1.54) is 25.7 Å². The molecule has 0 atom stereocenters. The lowest BCUT2D eigenvalue weighted by molar-refractivity contribution is 0.165. The number of halogens is 2. The molecule has 78 valence electrons. The van der Waals surface area contributed by atoms with E-state index in [1.807, 2.05) is 0 Å². The molecule has 0 aromatic rings. The molecule has 1 rings (SSSR count). The Morgan fingerprint density at radius 3 is 2.08 bits per heavy atom. The van der Waals surface area contributed by atoms with Gasteiger partial charge in [-0.15, -0.1) is 11.6 Å². The fourth-order valence-corrected chi connectivity index (χ4v) is 3.12. The summed E-state index contributed by atoms with van der Waals surface area (Å²) in [5, 5.41) is 0. The van der Waals surface area contributed by atoms with Crippen molar-refractivity contribution in [1.29, 1.82) is 0 Å². The van der Waals surface area contributed by atoms with Crippen molar-refractivity contribution in [3.63, 3.8) is 0 Å². The second-order valence-corrected chi connectivity index (χ2v) is 6.99. The summed E-state index contributed by atoms with van der Waals surface area (Å²) in [7, 11) is 0. The third-order valence-electron chi connectivity index (χ3n) is 3.35. The van der Waals surface area contributed by atoms with E-state index in [2.05, 4.69) is 43.4 Å². The summed E-state index contributed by atoms with van der Waals surface area (Å²) in [6, 6.07) is 0. The Morgan fingerprint density at radius 1 is 1.31 bits per heavy atom. The van der Waals surface area contributed by atoms with Gasteiger partial charge in [-0.05, 0) is 37.0 Å². The van der Waals surface area contributed by atoms with Gasteiger partial charge in [0.05, 0.1) is 4.87 Å². The maximum absolute atomic E-state index is 6.47. The highest BCUT2D eigenvalue weighted by atomic mass is 127. The van der Waals surface area contributed by atoms with Gasteiger partial charge in [-0.25, -0.2) is 0 Å². The molecule has 0 aliphatic heterocycles. The third kappa shape index (κ3) is 3.26. The minimum Gasteiger partial charge on any atom is -0.118 e. The number of hydrogen-bond donors (Lipinski definition) is 0. The van der Waals surface area contributed by atoms with Crippen LogP contribution in [0.5, 0.6) is 0 Å². The topological polar surface area (TPSA) is 0 Å². The Labute approximate surface area is 101 Å². The fourth-order valence-electron chi connectivity index (χ4n) is 2.13. The quantitative estimate of drug-likeness (QED) is 0.489. The molecule has 0 saturated heterocycles. The summed E-state index contributed by atoms with van der Waals surface area (Å²) >= 11 is 8.89. The minimum atomic E-state index is 0.127. The molecule has 13 heavy (non-hydrogen) atoms. The summed E-state index contributed by atoms with van der Waals surface area (Å²) in [5.74, 6) is 0.877. The first-order chi connectivity index (χ1) is 5.87. The van der Waals surface area contributed by atoms with Gasteiger partial charge in [0.2, 0.25) is 0 Å². The lowest BCUT2D eigenvalue weighted by Gasteiger charge is -2.40. The van der Waals surface area contributed by atoms with Crippen molar-refractivity contribution in [3.8, 4) is 0 Å². The van der Waals surface area contributed by atoms with Crippen LogP contribution in [0.15, 0.2) is 0 Å². The Bertz CT molecular complexity index is 163. The van der Waals surface area contributed by atoms with Crippen LogP contribution in [0.3, 0.4) is 0 Å². The molecule has 1 aliphatic rings. The average molecular weight is 315 g/mol. The van der Waals surface area contributed by atoms with Crippen LogP contribution in [0.25, 0.3) is 0 Å². The van der Waals surface area contributed by atoms with Gasteiger partial charge in [-0.2, -0.15) is 0 Å². The maximum Gasteiger partial charge on any atom is 0.0536 e. The summed E-state index contributed by atoms with van der Waals surface area (Å²) < 4.78 is 1.10. The molecule has 0 amide bonds. The van der Waals surface area contributed by atoms with Crippen LogP contribution in [-0.2, 0) is 0 Å². The van der Waals surface area contributed by atoms with E-state index in [-0.39, 0.29) is 4.87 Å². The van der Waals surface area contributed by atoms with Crippen LogP contribution < -0.4 is 0 Å². The zero-order chi connectivity index (χ0) is 10.1. The van der Waals surface area contributed by atoms with Crippen LogP contribution in [0, 0.1) is 11.3 Å². The summed E-state index contributed by atoms with van der Waals surface area (Å²) in [6.45, 7) is 7.05. The molecule has 0 nitrogen and oxygen atoms in total. The van der Waals surface area contributed by atoms with Crippen LogP contribution in [0.1, 0.15) is 46.5 Å². The van der Waals surface area contributed by atoms with E-state index in [4.69, 9.17) is 11.6 Å². The predicted molar refractivity (Wildman–Crippen MR) is 68.9 cm³/mol. The van der Waals surface area contributed by atoms with Crippen molar-refractivity contribution in [2.75, 3.05) is 4.43 Å². The molecular weight excluding hydrogens is 294 g/mol. The van der Waals surface area contributed by atoms with Crippen LogP contribution in [-0.4, -0.2) is 9.30 Å². The molecule has 0 N–H and O–H groups in total. The van der Waals surface area contributed by atoms with Gasteiger partial charge < -0.3 is 0 Å². The lowest BCUT2D eigenvalue weighted by atomic mass is 9.70. The monoisotopic (exact) mass is 314 g/mol. The van der Waals surface area contributed by atoms with Crippen LogP contribution >= 0.6 is 34.2 Å². The highest BCUT2D eigenvalue weighted by Gasteiger charge is 2.36. The summed E-state index contributed by atoms with van der Waals surface area (Å²) in [5.41, 5.74) is 0.476. The molecule has 0 aromatic carbocycles. The molecule has 0 bridgehead atoms. The average Bonchev–Trinajstić information content (AvgIpc) is 2.04. The van der Waals surface area contributed by atoms with Gasteiger partial charge >= 0.3 is 0 Å². The van der Waals surface area contributed by atoms with E-state index in [1.54, 1.807) is 0 Å². The van der Waals surface area contributed by atoms with Crippen molar-refractivity contribution in [1.82, 2.24) is 0 Å². The third-order valence-corrected chi connectivity index (χ3v) is 5.77. The Hall–Kier alpha value is 1.02. The molecule has 1 aliphatic carbocycles. The number of rotatable bonds is 1. The molecule has 0 unspecified atom stereocenters. The molecule has 0 radical (unpaired) electrons. The smallest absolute Gasteiger partial charge is 0.0536 e. The van der Waals surface area contributed by atoms with Gasteiger partial charge in [0.1, 0.15) is 0 Å². The van der Waals surface area contributed by atoms with Crippen LogP contribution in [0.4, 0.5) is 0 Å². The van der Waals surface area contributed by atoms with Crippen molar-refractivity contribution in [3.05, 3.63) is 0 Å². The molecule has 0 spiro atoms.